The molecule has 3 unspecified atom stereocenters. The van der Waals surface area contributed by atoms with E-state index < -0.39 is 0 Å². The number of ether oxygens (including phenoxy) is 1. The van der Waals surface area contributed by atoms with Crippen molar-refractivity contribution in [3.05, 3.63) is 28.8 Å². The van der Waals surface area contributed by atoms with Crippen LogP contribution in [0, 0.1) is 12.3 Å². The Bertz CT molecular complexity index is 428. The molecule has 1 aromatic carbocycles. The summed E-state index contributed by atoms with van der Waals surface area (Å²) in [5, 5.41) is 4.44. The Kier molecular flexibility index (Phi) is 4.42. The van der Waals surface area contributed by atoms with Crippen molar-refractivity contribution in [1.29, 1.82) is 0 Å². The minimum Gasteiger partial charge on any atom is -0.380 e. The van der Waals surface area contributed by atoms with Crippen molar-refractivity contribution in [3.63, 3.8) is 0 Å². The quantitative estimate of drug-likeness (QED) is 0.848. The van der Waals surface area contributed by atoms with E-state index in [9.17, 15) is 0 Å². The molecule has 0 saturated heterocycles. The summed E-state index contributed by atoms with van der Waals surface area (Å²) in [6, 6.07) is 6.47. The molecule has 2 nitrogen and oxygen atoms in total. The van der Waals surface area contributed by atoms with Crippen LogP contribution in [0.5, 0.6) is 0 Å². The largest absolute Gasteiger partial charge is 0.380 e. The highest BCUT2D eigenvalue weighted by Gasteiger charge is 2.51. The number of hydrogen-bond donors (Lipinski definition) is 1. The maximum atomic E-state index is 6.29. The summed E-state index contributed by atoms with van der Waals surface area (Å²) < 4.78 is 5.84. The number of hydrogen-bond acceptors (Lipinski definition) is 2. The third kappa shape index (κ3) is 2.61. The lowest BCUT2D eigenvalue weighted by Crippen LogP contribution is -2.59. The highest BCUT2D eigenvalue weighted by molar-refractivity contribution is 6.33. The molecule has 1 aliphatic rings. The average Bonchev–Trinajstić information content (AvgIpc) is 2.39. The van der Waals surface area contributed by atoms with Gasteiger partial charge in [-0.3, -0.25) is 0 Å². The van der Waals surface area contributed by atoms with E-state index in [0.717, 1.165) is 30.2 Å². The van der Waals surface area contributed by atoms with E-state index in [2.05, 4.69) is 39.1 Å². The van der Waals surface area contributed by atoms with Gasteiger partial charge in [-0.15, -0.1) is 0 Å². The Morgan fingerprint density at radius 1 is 1.42 bits per heavy atom. The second-order valence-electron chi connectivity index (χ2n) is 5.67. The molecule has 0 spiro atoms. The van der Waals surface area contributed by atoms with Gasteiger partial charge in [0.2, 0.25) is 0 Å². The van der Waals surface area contributed by atoms with Crippen LogP contribution < -0.4 is 5.32 Å². The first-order chi connectivity index (χ1) is 9.02. The highest BCUT2D eigenvalue weighted by atomic mass is 35.5. The van der Waals surface area contributed by atoms with Crippen LogP contribution in [0.3, 0.4) is 0 Å². The van der Waals surface area contributed by atoms with Crippen LogP contribution >= 0.6 is 11.6 Å². The first-order valence-corrected chi connectivity index (χ1v) is 7.54. The van der Waals surface area contributed by atoms with Crippen molar-refractivity contribution in [3.8, 4) is 0 Å². The molecule has 0 aromatic heterocycles. The van der Waals surface area contributed by atoms with Gasteiger partial charge in [0.1, 0.15) is 0 Å². The van der Waals surface area contributed by atoms with Crippen LogP contribution in [0.1, 0.15) is 39.2 Å². The zero-order valence-electron chi connectivity index (χ0n) is 12.3. The van der Waals surface area contributed by atoms with Gasteiger partial charge in [-0.05, 0) is 38.3 Å². The Labute approximate surface area is 121 Å². The number of rotatable bonds is 5. The molecule has 1 aliphatic carbocycles. The van der Waals surface area contributed by atoms with Crippen LogP contribution in [0.25, 0.3) is 0 Å². The smallest absolute Gasteiger partial charge is 0.0667 e. The molecule has 3 atom stereocenters. The lowest BCUT2D eigenvalue weighted by atomic mass is 9.61. The van der Waals surface area contributed by atoms with Gasteiger partial charge in [0, 0.05) is 18.1 Å². The molecule has 1 fully saturated rings. The monoisotopic (exact) mass is 281 g/mol. The Hall–Kier alpha value is -0.730. The van der Waals surface area contributed by atoms with E-state index in [4.69, 9.17) is 16.3 Å². The summed E-state index contributed by atoms with van der Waals surface area (Å²) in [7, 11) is 0. The topological polar surface area (TPSA) is 21.3 Å². The summed E-state index contributed by atoms with van der Waals surface area (Å²) in [4.78, 5) is 0. The van der Waals surface area contributed by atoms with Crippen molar-refractivity contribution < 1.29 is 4.74 Å². The molecule has 106 valence electrons. The fraction of sp³-hybridized carbons (Fsp3) is 0.625. The van der Waals surface area contributed by atoms with Crippen molar-refractivity contribution >= 4 is 17.3 Å². The number of nitrogens with one attached hydrogen (secondary N) is 1. The van der Waals surface area contributed by atoms with Crippen LogP contribution in [0.2, 0.25) is 5.02 Å². The lowest BCUT2D eigenvalue weighted by Gasteiger charge is -2.54. The van der Waals surface area contributed by atoms with Gasteiger partial charge >= 0.3 is 0 Å². The molecule has 2 rings (SSSR count). The van der Waals surface area contributed by atoms with Gasteiger partial charge in [0.05, 0.1) is 16.8 Å². The van der Waals surface area contributed by atoms with Gasteiger partial charge in [0.25, 0.3) is 0 Å². The van der Waals surface area contributed by atoms with Crippen LogP contribution in [-0.2, 0) is 4.74 Å². The second kappa shape index (κ2) is 5.72. The van der Waals surface area contributed by atoms with Crippen molar-refractivity contribution in [2.45, 2.75) is 52.7 Å². The van der Waals surface area contributed by atoms with Crippen molar-refractivity contribution in [2.75, 3.05) is 11.9 Å². The van der Waals surface area contributed by atoms with E-state index in [1.807, 2.05) is 12.1 Å². The normalized spacial score (nSPS) is 29.9. The molecule has 3 heteroatoms. The fourth-order valence-electron chi connectivity index (χ4n) is 2.96. The first kappa shape index (κ1) is 14.7. The Morgan fingerprint density at radius 3 is 2.74 bits per heavy atom. The molecule has 1 aromatic rings. The van der Waals surface area contributed by atoms with Crippen molar-refractivity contribution in [1.82, 2.24) is 0 Å². The molecule has 1 saturated carbocycles. The second-order valence-corrected chi connectivity index (χ2v) is 6.07. The van der Waals surface area contributed by atoms with Crippen LogP contribution in [-0.4, -0.2) is 18.8 Å². The SMILES string of the molecule is CCOC1CC(Nc2c(C)cccc2Cl)C1(C)CC. The molecule has 0 amide bonds. The zero-order valence-corrected chi connectivity index (χ0v) is 13.1. The molecular weight excluding hydrogens is 258 g/mol. The van der Waals surface area contributed by atoms with Gasteiger partial charge < -0.3 is 10.1 Å². The van der Waals surface area contributed by atoms with Crippen LogP contribution in [0.15, 0.2) is 18.2 Å². The van der Waals surface area contributed by atoms with Gasteiger partial charge in [-0.25, -0.2) is 0 Å². The number of benzene rings is 1. The Morgan fingerprint density at radius 2 is 2.16 bits per heavy atom. The molecule has 0 bridgehead atoms. The predicted octanol–water partition coefficient (Wildman–Crippen LogP) is 4.65. The van der Waals surface area contributed by atoms with E-state index in [1.165, 1.54) is 5.56 Å². The number of halogens is 1. The van der Waals surface area contributed by atoms with E-state index in [1.54, 1.807) is 0 Å². The Balaban J connectivity index is 2.12. The molecule has 0 aliphatic heterocycles. The minimum absolute atomic E-state index is 0.196. The average molecular weight is 282 g/mol. The summed E-state index contributed by atoms with van der Waals surface area (Å²) in [5.74, 6) is 0. The first-order valence-electron chi connectivity index (χ1n) is 7.16. The van der Waals surface area contributed by atoms with Crippen molar-refractivity contribution in [2.24, 2.45) is 5.41 Å². The minimum atomic E-state index is 0.196. The maximum Gasteiger partial charge on any atom is 0.0667 e. The molecular formula is C16H24ClNO. The zero-order chi connectivity index (χ0) is 14.0. The summed E-state index contributed by atoms with van der Waals surface area (Å²) in [5.41, 5.74) is 2.47. The van der Waals surface area contributed by atoms with E-state index >= 15 is 0 Å². The molecule has 0 radical (unpaired) electrons. The summed E-state index contributed by atoms with van der Waals surface area (Å²) in [6.45, 7) is 9.49. The maximum absolute atomic E-state index is 6.29. The number of anilines is 1. The fourth-order valence-corrected chi connectivity index (χ4v) is 3.24. The summed E-state index contributed by atoms with van der Waals surface area (Å²) >= 11 is 6.29. The lowest BCUT2D eigenvalue weighted by molar-refractivity contribution is -0.109. The van der Waals surface area contributed by atoms with E-state index in [-0.39, 0.29) is 5.41 Å². The highest BCUT2D eigenvalue weighted by Crippen LogP contribution is 2.48. The standard InChI is InChI=1S/C16H24ClNO/c1-5-16(4)13(10-14(16)19-6-2)18-15-11(3)8-7-9-12(15)17/h7-9,13-14,18H,5-6,10H2,1-4H3. The third-order valence-electron chi connectivity index (χ3n) is 4.65. The molecule has 19 heavy (non-hydrogen) atoms. The molecule has 0 heterocycles. The number of para-hydroxylation sites is 1. The molecule has 1 N–H and O–H groups in total. The van der Waals surface area contributed by atoms with Crippen LogP contribution in [0.4, 0.5) is 5.69 Å². The van der Waals surface area contributed by atoms with Gasteiger partial charge in [0.15, 0.2) is 0 Å². The number of aryl methyl sites for hydroxylation is 1. The van der Waals surface area contributed by atoms with Gasteiger partial charge in [-0.2, -0.15) is 0 Å². The summed E-state index contributed by atoms with van der Waals surface area (Å²) in [6.07, 6.45) is 2.53. The predicted molar refractivity (Wildman–Crippen MR) is 82.0 cm³/mol. The third-order valence-corrected chi connectivity index (χ3v) is 4.97. The van der Waals surface area contributed by atoms with Gasteiger partial charge in [-0.1, -0.05) is 37.6 Å². The van der Waals surface area contributed by atoms with E-state index in [0.29, 0.717) is 12.1 Å².